The van der Waals surface area contributed by atoms with Crippen LogP contribution in [0.4, 0.5) is 0 Å². The third kappa shape index (κ3) is 2.58. The van der Waals surface area contributed by atoms with E-state index in [1.807, 2.05) is 32.0 Å². The number of rotatable bonds is 4. The molecule has 96 valence electrons. The average molecular weight is 283 g/mol. The predicted octanol–water partition coefficient (Wildman–Crippen LogP) is 3.63. The van der Waals surface area contributed by atoms with Crippen molar-refractivity contribution in [2.45, 2.75) is 25.5 Å². The predicted molar refractivity (Wildman–Crippen MR) is 73.6 cm³/mol. The quantitative estimate of drug-likeness (QED) is 0.804. The Morgan fingerprint density at radius 3 is 2.72 bits per heavy atom. The molecule has 2 heterocycles. The van der Waals surface area contributed by atoms with E-state index in [1.165, 1.54) is 5.56 Å². The Kier molecular flexibility index (Phi) is 3.14. The van der Waals surface area contributed by atoms with E-state index in [9.17, 15) is 0 Å². The molecule has 1 aliphatic heterocycles. The van der Waals surface area contributed by atoms with Gasteiger partial charge in [-0.05, 0) is 13.8 Å². The summed E-state index contributed by atoms with van der Waals surface area (Å²) < 4.78 is 15.1. The van der Waals surface area contributed by atoms with Crippen molar-refractivity contribution in [3.8, 4) is 0 Å². The van der Waals surface area contributed by atoms with E-state index in [0.29, 0.717) is 0 Å². The molecule has 0 spiro atoms. The second kappa shape index (κ2) is 4.65. The van der Waals surface area contributed by atoms with Crippen molar-refractivity contribution < 1.29 is 13.2 Å². The third-order valence-corrected chi connectivity index (χ3v) is 4.91. The highest BCUT2D eigenvalue weighted by Gasteiger charge is 2.38. The summed E-state index contributed by atoms with van der Waals surface area (Å²) in [5, 5.41) is 1.09. The fourth-order valence-corrected chi connectivity index (χ4v) is 3.74. The second-order valence-electron chi connectivity index (χ2n) is 4.69. The maximum absolute atomic E-state index is 5.72. The molecular weight excluding hydrogens is 269 g/mol. The number of benzene rings is 1. The summed E-state index contributed by atoms with van der Waals surface area (Å²) in [6.07, 6.45) is 0. The monoisotopic (exact) mass is 283 g/mol. The Morgan fingerprint density at radius 1 is 1.33 bits per heavy atom. The number of hydrogen-bond acceptors (Lipinski definition) is 5. The van der Waals surface area contributed by atoms with Gasteiger partial charge in [0.25, 0.3) is 0 Å². The van der Waals surface area contributed by atoms with Crippen LogP contribution in [0.2, 0.25) is 0 Å². The zero-order valence-corrected chi connectivity index (χ0v) is 11.9. The van der Waals surface area contributed by atoms with E-state index in [0.717, 1.165) is 10.8 Å². The van der Waals surface area contributed by atoms with Gasteiger partial charge in [-0.25, -0.2) is 8.71 Å². The summed E-state index contributed by atoms with van der Waals surface area (Å²) >= 11 is 1.77. The smallest absolute Gasteiger partial charge is 0.271 e. The number of thioether (sulfide) groups is 1. The van der Waals surface area contributed by atoms with Crippen molar-refractivity contribution in [1.82, 2.24) is 0 Å². The number of hydrogen-bond donors (Lipinski definition) is 0. The van der Waals surface area contributed by atoms with Crippen LogP contribution in [0, 0.1) is 0 Å². The van der Waals surface area contributed by atoms with Crippen LogP contribution in [0.25, 0.3) is 0 Å². The van der Waals surface area contributed by atoms with Gasteiger partial charge < -0.3 is 0 Å². The molecule has 0 fully saturated rings. The first-order valence-electron chi connectivity index (χ1n) is 5.75. The molecular formula is C12H14NO3PS. The van der Waals surface area contributed by atoms with Crippen molar-refractivity contribution in [2.24, 2.45) is 4.99 Å². The fourth-order valence-electron chi connectivity index (χ4n) is 1.77. The largest absolute Gasteiger partial charge is 0.468 e. The second-order valence-corrected chi connectivity index (χ2v) is 6.63. The Balaban J connectivity index is 1.77. The molecule has 0 bridgehead atoms. The first-order valence-corrected chi connectivity index (χ1v) is 7.83. The van der Waals surface area contributed by atoms with Gasteiger partial charge in [-0.15, -0.1) is 11.8 Å². The van der Waals surface area contributed by atoms with E-state index >= 15 is 0 Å². The summed E-state index contributed by atoms with van der Waals surface area (Å²) in [5.74, 6) is 0.931. The summed E-state index contributed by atoms with van der Waals surface area (Å²) in [7, 11) is -1.10. The summed E-state index contributed by atoms with van der Waals surface area (Å²) in [6.45, 7) is 4.06. The van der Waals surface area contributed by atoms with Crippen molar-refractivity contribution >= 4 is 25.0 Å². The molecule has 4 nitrogen and oxygen atoms in total. The Bertz CT molecular complexity index is 531. The maximum Gasteiger partial charge on any atom is 0.468 e. The number of aliphatic imine (C=N–C) groups is 1. The van der Waals surface area contributed by atoms with Crippen molar-refractivity contribution in [3.63, 3.8) is 0 Å². The molecule has 2 aromatic rings. The molecule has 0 aliphatic carbocycles. The lowest BCUT2D eigenvalue weighted by Crippen LogP contribution is -2.40. The van der Waals surface area contributed by atoms with Crippen LogP contribution in [0.1, 0.15) is 19.4 Å². The first kappa shape index (κ1) is 12.2. The molecule has 6 heteroatoms. The molecule has 0 amide bonds. The topological polar surface area (TPSA) is 47.9 Å². The molecule has 1 aromatic heterocycles. The van der Waals surface area contributed by atoms with Gasteiger partial charge >= 0.3 is 8.24 Å². The van der Waals surface area contributed by atoms with Gasteiger partial charge in [0.1, 0.15) is 5.60 Å². The van der Waals surface area contributed by atoms with Crippen molar-refractivity contribution in [3.05, 3.63) is 35.9 Å². The molecule has 1 atom stereocenters. The maximum atomic E-state index is 5.72. The molecule has 0 radical (unpaired) electrons. The molecule has 0 unspecified atom stereocenters. The zero-order valence-electron chi connectivity index (χ0n) is 10.2. The Hall–Kier alpha value is -0.900. The molecule has 3 rings (SSSR count). The molecule has 18 heavy (non-hydrogen) atoms. The zero-order chi connectivity index (χ0) is 12.6. The summed E-state index contributed by atoms with van der Waals surface area (Å²) in [6, 6.07) is 10.4. The van der Waals surface area contributed by atoms with E-state index in [2.05, 4.69) is 12.1 Å². The van der Waals surface area contributed by atoms with E-state index < -0.39 is 8.24 Å². The van der Waals surface area contributed by atoms with Crippen LogP contribution in [0.3, 0.4) is 0 Å². The third-order valence-electron chi connectivity index (χ3n) is 2.92. The summed E-state index contributed by atoms with van der Waals surface area (Å²) in [5.41, 5.74) is 0.816. The van der Waals surface area contributed by atoms with Gasteiger partial charge in [-0.2, -0.15) is 0 Å². The standard InChI is InChI=1S/C12H14NO3PS/c1-12(2,14-17-15-16-17)10-8-18-11(13-10)9-6-4-3-5-7-9/h3-7,10H,8H2,1-2H3/t10-/m1/s1. The van der Waals surface area contributed by atoms with Crippen LogP contribution < -0.4 is 4.52 Å². The minimum atomic E-state index is -1.10. The lowest BCUT2D eigenvalue weighted by atomic mass is 10.0. The van der Waals surface area contributed by atoms with E-state index in [-0.39, 0.29) is 11.6 Å². The molecule has 0 saturated heterocycles. The highest BCUT2D eigenvalue weighted by atomic mass is 32.2. The molecule has 1 aliphatic rings. The van der Waals surface area contributed by atoms with Crippen LogP contribution in [-0.2, 0) is 0 Å². The summed E-state index contributed by atoms with van der Waals surface area (Å²) in [4.78, 5) is 4.76. The Morgan fingerprint density at radius 2 is 2.06 bits per heavy atom. The molecule has 0 N–H and O–H groups in total. The van der Waals surface area contributed by atoms with Crippen LogP contribution in [0.5, 0.6) is 0 Å². The van der Waals surface area contributed by atoms with Crippen molar-refractivity contribution in [1.29, 1.82) is 0 Å². The highest BCUT2D eigenvalue weighted by Crippen LogP contribution is 2.39. The van der Waals surface area contributed by atoms with Crippen LogP contribution in [0.15, 0.2) is 44.0 Å². The lowest BCUT2D eigenvalue weighted by Gasteiger charge is -2.24. The first-order chi connectivity index (χ1) is 8.65. The SMILES string of the molecule is CC(C)(Op1oo1)[C@H]1CSC(c2ccccc2)=N1. The van der Waals surface area contributed by atoms with E-state index in [4.69, 9.17) is 18.2 Å². The van der Waals surface area contributed by atoms with Crippen LogP contribution in [-0.4, -0.2) is 22.4 Å². The van der Waals surface area contributed by atoms with E-state index in [1.54, 1.807) is 11.8 Å². The van der Waals surface area contributed by atoms with Gasteiger partial charge in [-0.3, -0.25) is 9.52 Å². The fraction of sp³-hybridized carbons (Fsp3) is 0.417. The molecule has 0 saturated carbocycles. The minimum absolute atomic E-state index is 0.132. The normalized spacial score (nSPS) is 20.3. The average Bonchev–Trinajstić information content (AvgIpc) is 3.01. The van der Waals surface area contributed by atoms with Gasteiger partial charge in [0.05, 0.1) is 11.1 Å². The molecule has 1 aromatic carbocycles. The lowest BCUT2D eigenvalue weighted by molar-refractivity contribution is 0.150. The van der Waals surface area contributed by atoms with Gasteiger partial charge in [0, 0.05) is 11.3 Å². The van der Waals surface area contributed by atoms with Crippen molar-refractivity contribution in [2.75, 3.05) is 5.75 Å². The van der Waals surface area contributed by atoms with Gasteiger partial charge in [-0.1, -0.05) is 30.3 Å². The van der Waals surface area contributed by atoms with Gasteiger partial charge in [0.2, 0.25) is 0 Å². The van der Waals surface area contributed by atoms with Gasteiger partial charge in [0.15, 0.2) is 0 Å². The van der Waals surface area contributed by atoms with Crippen LogP contribution >= 0.6 is 20.0 Å². The Labute approximate surface area is 111 Å². The number of nitrogens with zero attached hydrogens (tertiary/aromatic N) is 1. The minimum Gasteiger partial charge on any atom is -0.271 e. The highest BCUT2D eigenvalue weighted by molar-refractivity contribution is 8.14.